The number of sulfonamides is 1. The number of hydrogen-bond acceptors (Lipinski definition) is 4. The molecule has 0 radical (unpaired) electrons. The van der Waals surface area contributed by atoms with Crippen LogP contribution in [0.2, 0.25) is 0 Å². The quantitative estimate of drug-likeness (QED) is 0.907. The lowest BCUT2D eigenvalue weighted by Gasteiger charge is -2.31. The summed E-state index contributed by atoms with van der Waals surface area (Å²) < 4.78 is 27.1. The maximum Gasteiger partial charge on any atom is 0.252 e. The number of carbonyl (C=O) groups excluding carboxylic acids is 1. The van der Waals surface area contributed by atoms with Crippen molar-refractivity contribution in [2.24, 2.45) is 0 Å². The second-order valence-electron chi connectivity index (χ2n) is 5.88. The van der Waals surface area contributed by atoms with Gasteiger partial charge in [0.25, 0.3) is 15.9 Å². The zero-order valence-electron chi connectivity index (χ0n) is 13.4. The summed E-state index contributed by atoms with van der Waals surface area (Å²) in [4.78, 5) is 13.2. The first-order valence-electron chi connectivity index (χ1n) is 7.89. The number of thiophene rings is 1. The van der Waals surface area contributed by atoms with Crippen LogP contribution >= 0.6 is 11.3 Å². The van der Waals surface area contributed by atoms with Gasteiger partial charge in [0.2, 0.25) is 0 Å². The average Bonchev–Trinajstić information content (AvgIpc) is 3.03. The summed E-state index contributed by atoms with van der Waals surface area (Å²) in [6, 6.07) is 12.6. The van der Waals surface area contributed by atoms with E-state index in [1.807, 2.05) is 31.2 Å². The predicted molar refractivity (Wildman–Crippen MR) is 94.7 cm³/mol. The van der Waals surface area contributed by atoms with Crippen LogP contribution in [-0.2, 0) is 10.0 Å². The molecule has 5 nitrogen and oxygen atoms in total. The summed E-state index contributed by atoms with van der Waals surface area (Å²) in [7, 11) is -3.41. The molecular formula is C17H20N2O3S2. The zero-order chi connectivity index (χ0) is 17.2. The van der Waals surface area contributed by atoms with E-state index in [0.29, 0.717) is 35.7 Å². The van der Waals surface area contributed by atoms with Gasteiger partial charge in [0.1, 0.15) is 4.21 Å². The fraction of sp³-hybridized carbons (Fsp3) is 0.353. The molecule has 1 fully saturated rings. The fourth-order valence-corrected chi connectivity index (χ4v) is 5.68. The summed E-state index contributed by atoms with van der Waals surface area (Å²) in [5.74, 6) is -0.106. The Balaban J connectivity index is 1.59. The van der Waals surface area contributed by atoms with E-state index in [2.05, 4.69) is 5.32 Å². The van der Waals surface area contributed by atoms with Crippen LogP contribution in [0.5, 0.6) is 0 Å². The van der Waals surface area contributed by atoms with Crippen LogP contribution in [0.4, 0.5) is 0 Å². The third-order valence-corrected chi connectivity index (χ3v) is 7.50. The molecule has 1 N–H and O–H groups in total. The van der Waals surface area contributed by atoms with E-state index < -0.39 is 10.0 Å². The third-order valence-electron chi connectivity index (χ3n) is 4.13. The SMILES string of the molecule is Cc1ccc(S(=O)(=O)N2CCC(NC(=O)c3ccccc3)CC2)s1. The molecule has 3 rings (SSSR count). The van der Waals surface area contributed by atoms with Crippen molar-refractivity contribution < 1.29 is 13.2 Å². The van der Waals surface area contributed by atoms with Crippen molar-refractivity contribution in [2.45, 2.75) is 30.0 Å². The van der Waals surface area contributed by atoms with Crippen LogP contribution in [0, 0.1) is 6.92 Å². The number of benzene rings is 1. The van der Waals surface area contributed by atoms with Crippen LogP contribution < -0.4 is 5.32 Å². The highest BCUT2D eigenvalue weighted by molar-refractivity contribution is 7.91. The van der Waals surface area contributed by atoms with E-state index in [0.717, 1.165) is 4.88 Å². The molecule has 0 aliphatic carbocycles. The van der Waals surface area contributed by atoms with Crippen LogP contribution in [0.15, 0.2) is 46.7 Å². The monoisotopic (exact) mass is 364 g/mol. The molecule has 7 heteroatoms. The first-order chi connectivity index (χ1) is 11.5. The first-order valence-corrected chi connectivity index (χ1v) is 10.1. The number of aryl methyl sites for hydroxylation is 1. The van der Waals surface area contributed by atoms with Gasteiger partial charge in [-0.05, 0) is 44.0 Å². The molecule has 1 aromatic heterocycles. The first kappa shape index (κ1) is 17.1. The highest BCUT2D eigenvalue weighted by atomic mass is 32.2. The van der Waals surface area contributed by atoms with Crippen molar-refractivity contribution in [3.05, 3.63) is 52.9 Å². The molecule has 0 bridgehead atoms. The fourth-order valence-electron chi connectivity index (χ4n) is 2.78. The molecule has 2 aromatic rings. The van der Waals surface area contributed by atoms with Gasteiger partial charge in [-0.2, -0.15) is 4.31 Å². The summed E-state index contributed by atoms with van der Waals surface area (Å²) in [5, 5.41) is 2.99. The minimum Gasteiger partial charge on any atom is -0.349 e. The molecule has 1 saturated heterocycles. The number of carbonyl (C=O) groups is 1. The van der Waals surface area contributed by atoms with E-state index in [9.17, 15) is 13.2 Å². The van der Waals surface area contributed by atoms with Gasteiger partial charge in [-0.15, -0.1) is 11.3 Å². The Morgan fingerprint density at radius 1 is 1.12 bits per heavy atom. The molecule has 1 amide bonds. The van der Waals surface area contributed by atoms with E-state index in [1.54, 1.807) is 18.2 Å². The summed E-state index contributed by atoms with van der Waals surface area (Å²) in [6.07, 6.45) is 1.25. The number of rotatable bonds is 4. The van der Waals surface area contributed by atoms with Crippen LogP contribution in [0.25, 0.3) is 0 Å². The Hall–Kier alpha value is -1.70. The van der Waals surface area contributed by atoms with E-state index in [4.69, 9.17) is 0 Å². The Bertz CT molecular complexity index is 807. The van der Waals surface area contributed by atoms with Gasteiger partial charge in [0, 0.05) is 29.6 Å². The number of nitrogens with one attached hydrogen (secondary N) is 1. The largest absolute Gasteiger partial charge is 0.349 e. The van der Waals surface area contributed by atoms with Crippen molar-refractivity contribution in [3.8, 4) is 0 Å². The molecule has 128 valence electrons. The van der Waals surface area contributed by atoms with Crippen molar-refractivity contribution in [1.29, 1.82) is 0 Å². The molecule has 1 aromatic carbocycles. The molecule has 2 heterocycles. The lowest BCUT2D eigenvalue weighted by Crippen LogP contribution is -2.46. The maximum absolute atomic E-state index is 12.6. The molecule has 24 heavy (non-hydrogen) atoms. The summed E-state index contributed by atoms with van der Waals surface area (Å²) >= 11 is 1.30. The second-order valence-corrected chi connectivity index (χ2v) is 9.34. The van der Waals surface area contributed by atoms with Gasteiger partial charge >= 0.3 is 0 Å². The number of amides is 1. The van der Waals surface area contributed by atoms with E-state index in [1.165, 1.54) is 15.6 Å². The summed E-state index contributed by atoms with van der Waals surface area (Å²) in [5.41, 5.74) is 0.626. The Kier molecular flexibility index (Phi) is 5.03. The highest BCUT2D eigenvalue weighted by Gasteiger charge is 2.30. The van der Waals surface area contributed by atoms with Crippen molar-refractivity contribution in [2.75, 3.05) is 13.1 Å². The standard InChI is InChI=1S/C17H20N2O3S2/c1-13-7-8-16(23-13)24(21,22)19-11-9-15(10-12-19)18-17(20)14-5-3-2-4-6-14/h2-8,15H,9-12H2,1H3,(H,18,20). The second kappa shape index (κ2) is 7.04. The topological polar surface area (TPSA) is 66.5 Å². The number of piperidine rings is 1. The van der Waals surface area contributed by atoms with Gasteiger partial charge in [0.05, 0.1) is 0 Å². The van der Waals surface area contributed by atoms with Crippen molar-refractivity contribution >= 4 is 27.3 Å². The van der Waals surface area contributed by atoms with Gasteiger partial charge in [-0.25, -0.2) is 8.42 Å². The number of nitrogens with zero attached hydrogens (tertiary/aromatic N) is 1. The van der Waals surface area contributed by atoms with Gasteiger partial charge in [-0.1, -0.05) is 18.2 Å². The Morgan fingerprint density at radius 2 is 1.79 bits per heavy atom. The molecule has 1 aliphatic heterocycles. The third kappa shape index (κ3) is 3.68. The Labute approximate surface area is 146 Å². The van der Waals surface area contributed by atoms with E-state index in [-0.39, 0.29) is 11.9 Å². The Morgan fingerprint density at radius 3 is 2.38 bits per heavy atom. The molecule has 1 aliphatic rings. The number of hydrogen-bond donors (Lipinski definition) is 1. The van der Waals surface area contributed by atoms with Crippen LogP contribution in [0.1, 0.15) is 28.1 Å². The molecular weight excluding hydrogens is 344 g/mol. The molecule has 0 spiro atoms. The van der Waals surface area contributed by atoms with Gasteiger partial charge in [0.15, 0.2) is 0 Å². The van der Waals surface area contributed by atoms with Crippen LogP contribution in [-0.4, -0.2) is 37.8 Å². The van der Waals surface area contributed by atoms with Crippen molar-refractivity contribution in [1.82, 2.24) is 9.62 Å². The predicted octanol–water partition coefficient (Wildman–Crippen LogP) is 2.64. The zero-order valence-corrected chi connectivity index (χ0v) is 15.1. The highest BCUT2D eigenvalue weighted by Crippen LogP contribution is 2.26. The lowest BCUT2D eigenvalue weighted by atomic mass is 10.1. The lowest BCUT2D eigenvalue weighted by molar-refractivity contribution is 0.0924. The molecule has 0 saturated carbocycles. The smallest absolute Gasteiger partial charge is 0.252 e. The summed E-state index contributed by atoms with van der Waals surface area (Å²) in [6.45, 7) is 2.76. The minimum absolute atomic E-state index is 0.00854. The van der Waals surface area contributed by atoms with E-state index >= 15 is 0 Å². The van der Waals surface area contributed by atoms with Crippen molar-refractivity contribution in [3.63, 3.8) is 0 Å². The molecule has 0 atom stereocenters. The molecule has 0 unspecified atom stereocenters. The minimum atomic E-state index is -3.41. The maximum atomic E-state index is 12.6. The normalized spacial score (nSPS) is 16.9. The van der Waals surface area contributed by atoms with Crippen LogP contribution in [0.3, 0.4) is 0 Å². The average molecular weight is 364 g/mol. The van der Waals surface area contributed by atoms with Gasteiger partial charge < -0.3 is 5.32 Å². The van der Waals surface area contributed by atoms with Gasteiger partial charge in [-0.3, -0.25) is 4.79 Å².